The van der Waals surface area contributed by atoms with Gasteiger partial charge in [-0.2, -0.15) is 0 Å². The highest BCUT2D eigenvalue weighted by atomic mass is 16.5. The van der Waals surface area contributed by atoms with Gasteiger partial charge in [0.25, 0.3) is 6.47 Å². The number of hydrogen-bond acceptors (Lipinski definition) is 4. The van der Waals surface area contributed by atoms with Crippen molar-refractivity contribution in [1.29, 1.82) is 0 Å². The van der Waals surface area contributed by atoms with Crippen LogP contribution in [0.3, 0.4) is 0 Å². The van der Waals surface area contributed by atoms with E-state index in [1.165, 1.54) is 13.3 Å². The Labute approximate surface area is 98.3 Å². The first-order valence-corrected chi connectivity index (χ1v) is 5.87. The summed E-state index contributed by atoms with van der Waals surface area (Å²) in [5.41, 5.74) is 0. The molecule has 96 valence electrons. The van der Waals surface area contributed by atoms with Gasteiger partial charge in [0.1, 0.15) is 0 Å². The minimum absolute atomic E-state index is 0.182. The first kappa shape index (κ1) is 17.3. The molecule has 0 aliphatic carbocycles. The van der Waals surface area contributed by atoms with Crippen molar-refractivity contribution in [2.24, 2.45) is 0 Å². The monoisotopic (exact) mass is 232 g/mol. The number of carbonyl (C=O) groups is 2. The molecule has 0 spiro atoms. The van der Waals surface area contributed by atoms with E-state index in [1.807, 2.05) is 0 Å². The van der Waals surface area contributed by atoms with E-state index in [-0.39, 0.29) is 5.97 Å². The van der Waals surface area contributed by atoms with Crippen LogP contribution < -0.4 is 0 Å². The zero-order chi connectivity index (χ0) is 12.6. The highest BCUT2D eigenvalue weighted by Gasteiger charge is 1.88. The summed E-state index contributed by atoms with van der Waals surface area (Å²) in [7, 11) is 0. The Morgan fingerprint density at radius 1 is 1.06 bits per heavy atom. The third-order valence-electron chi connectivity index (χ3n) is 1.74. The Bertz CT molecular complexity index is 157. The molecule has 4 nitrogen and oxygen atoms in total. The summed E-state index contributed by atoms with van der Waals surface area (Å²) in [5.74, 6) is -0.182. The van der Waals surface area contributed by atoms with Crippen LogP contribution in [0.4, 0.5) is 0 Å². The maximum absolute atomic E-state index is 10.1. The van der Waals surface area contributed by atoms with E-state index in [9.17, 15) is 9.59 Å². The normalized spacial score (nSPS) is 8.69. The smallest absolute Gasteiger partial charge is 0.302 e. The summed E-state index contributed by atoms with van der Waals surface area (Å²) in [6.45, 7) is 7.25. The van der Waals surface area contributed by atoms with Crippen molar-refractivity contribution in [2.75, 3.05) is 13.2 Å². The summed E-state index contributed by atoms with van der Waals surface area (Å²) in [6.07, 6.45) is 5.36. The fourth-order valence-corrected chi connectivity index (χ4v) is 0.844. The molecule has 0 aromatic heterocycles. The number of carbonyl (C=O) groups excluding carboxylic acids is 2. The number of rotatable bonds is 8. The van der Waals surface area contributed by atoms with Gasteiger partial charge in [-0.25, -0.2) is 0 Å². The van der Waals surface area contributed by atoms with Crippen LogP contribution in [0.5, 0.6) is 0 Å². The Morgan fingerprint density at radius 3 is 2.12 bits per heavy atom. The molecule has 4 heteroatoms. The van der Waals surface area contributed by atoms with E-state index in [0.717, 1.165) is 25.7 Å². The molecule has 0 N–H and O–H groups in total. The van der Waals surface area contributed by atoms with Crippen molar-refractivity contribution in [3.8, 4) is 0 Å². The van der Waals surface area contributed by atoms with Crippen LogP contribution in [0.2, 0.25) is 0 Å². The Kier molecular flexibility index (Phi) is 17.7. The highest BCUT2D eigenvalue weighted by Crippen LogP contribution is 1.92. The van der Waals surface area contributed by atoms with E-state index in [1.54, 1.807) is 0 Å². The van der Waals surface area contributed by atoms with E-state index >= 15 is 0 Å². The molecule has 0 bridgehead atoms. The average molecular weight is 232 g/mol. The molecule has 0 aliphatic rings. The van der Waals surface area contributed by atoms with E-state index in [0.29, 0.717) is 19.7 Å². The molecule has 0 amide bonds. The predicted octanol–water partition coefficient (Wildman–Crippen LogP) is 2.70. The largest absolute Gasteiger partial charge is 0.468 e. The SMILES string of the molecule is CCCCCOC=O.CCCCOC(C)=O. The minimum Gasteiger partial charge on any atom is -0.468 e. The molecule has 0 saturated heterocycles. The molecule has 0 atom stereocenters. The van der Waals surface area contributed by atoms with Crippen molar-refractivity contribution >= 4 is 12.4 Å². The first-order chi connectivity index (χ1) is 7.68. The molecule has 0 aliphatic heterocycles. The molecule has 0 saturated carbocycles. The first-order valence-electron chi connectivity index (χ1n) is 5.87. The van der Waals surface area contributed by atoms with Gasteiger partial charge in [0.15, 0.2) is 0 Å². The van der Waals surface area contributed by atoms with Crippen LogP contribution in [0.1, 0.15) is 52.9 Å². The van der Waals surface area contributed by atoms with Gasteiger partial charge in [-0.05, 0) is 12.8 Å². The Hall–Kier alpha value is -1.06. The van der Waals surface area contributed by atoms with Gasteiger partial charge in [0, 0.05) is 6.92 Å². The zero-order valence-electron chi connectivity index (χ0n) is 10.7. The minimum atomic E-state index is -0.182. The van der Waals surface area contributed by atoms with Gasteiger partial charge in [-0.1, -0.05) is 33.1 Å². The van der Waals surface area contributed by atoms with Crippen molar-refractivity contribution in [3.05, 3.63) is 0 Å². The molecule has 16 heavy (non-hydrogen) atoms. The molecule has 0 rings (SSSR count). The van der Waals surface area contributed by atoms with Crippen LogP contribution in [0, 0.1) is 0 Å². The lowest BCUT2D eigenvalue weighted by Crippen LogP contribution is -1.99. The van der Waals surface area contributed by atoms with Gasteiger partial charge >= 0.3 is 5.97 Å². The molecule has 0 aromatic carbocycles. The number of ether oxygens (including phenoxy) is 2. The third-order valence-corrected chi connectivity index (χ3v) is 1.74. The number of hydrogen-bond donors (Lipinski definition) is 0. The third kappa shape index (κ3) is 23.1. The summed E-state index contributed by atoms with van der Waals surface area (Å²) >= 11 is 0. The van der Waals surface area contributed by atoms with Gasteiger partial charge < -0.3 is 9.47 Å². The summed E-state index contributed by atoms with van der Waals surface area (Å²) in [4.78, 5) is 19.6. The van der Waals surface area contributed by atoms with E-state index < -0.39 is 0 Å². The van der Waals surface area contributed by atoms with Crippen LogP contribution in [0.25, 0.3) is 0 Å². The number of unbranched alkanes of at least 4 members (excludes halogenated alkanes) is 3. The highest BCUT2D eigenvalue weighted by molar-refractivity contribution is 5.65. The molecule has 0 aromatic rings. The molecular formula is C12H24O4. The second-order valence-corrected chi connectivity index (χ2v) is 3.37. The fourth-order valence-electron chi connectivity index (χ4n) is 0.844. The zero-order valence-corrected chi connectivity index (χ0v) is 10.7. The van der Waals surface area contributed by atoms with Gasteiger partial charge in [0.05, 0.1) is 13.2 Å². The molecule has 0 fully saturated rings. The van der Waals surface area contributed by atoms with Crippen molar-refractivity contribution in [1.82, 2.24) is 0 Å². The second kappa shape index (κ2) is 16.4. The predicted molar refractivity (Wildman–Crippen MR) is 63.1 cm³/mol. The maximum atomic E-state index is 10.1. The molecule has 0 unspecified atom stereocenters. The summed E-state index contributed by atoms with van der Waals surface area (Å²) in [6, 6.07) is 0. The van der Waals surface area contributed by atoms with E-state index in [4.69, 9.17) is 0 Å². The van der Waals surface area contributed by atoms with Crippen LogP contribution >= 0.6 is 0 Å². The number of esters is 1. The second-order valence-electron chi connectivity index (χ2n) is 3.37. The van der Waals surface area contributed by atoms with Crippen LogP contribution in [-0.2, 0) is 19.1 Å². The fraction of sp³-hybridized carbons (Fsp3) is 0.833. The van der Waals surface area contributed by atoms with E-state index in [2.05, 4.69) is 23.3 Å². The van der Waals surface area contributed by atoms with Crippen LogP contribution in [-0.4, -0.2) is 25.7 Å². The Balaban J connectivity index is 0. The summed E-state index contributed by atoms with van der Waals surface area (Å²) < 4.78 is 9.10. The molecule has 0 radical (unpaired) electrons. The molecule has 0 heterocycles. The molecular weight excluding hydrogens is 208 g/mol. The maximum Gasteiger partial charge on any atom is 0.302 e. The average Bonchev–Trinajstić information content (AvgIpc) is 2.25. The standard InChI is InChI=1S/2C6H12O2/c1-3-4-5-8-6(2)7;1-2-3-4-5-8-6-7/h3-5H2,1-2H3;6H,2-5H2,1H3. The van der Waals surface area contributed by atoms with Gasteiger partial charge in [0.2, 0.25) is 0 Å². The summed E-state index contributed by atoms with van der Waals surface area (Å²) in [5, 5.41) is 0. The van der Waals surface area contributed by atoms with Gasteiger partial charge in [-0.3, -0.25) is 9.59 Å². The van der Waals surface area contributed by atoms with Crippen molar-refractivity contribution in [2.45, 2.75) is 52.9 Å². The quantitative estimate of drug-likeness (QED) is 0.367. The van der Waals surface area contributed by atoms with Crippen molar-refractivity contribution < 1.29 is 19.1 Å². The Morgan fingerprint density at radius 2 is 1.69 bits per heavy atom. The lowest BCUT2D eigenvalue weighted by atomic mass is 10.3. The lowest BCUT2D eigenvalue weighted by molar-refractivity contribution is -0.141. The topological polar surface area (TPSA) is 52.6 Å². The lowest BCUT2D eigenvalue weighted by Gasteiger charge is -1.96. The van der Waals surface area contributed by atoms with Crippen LogP contribution in [0.15, 0.2) is 0 Å². The van der Waals surface area contributed by atoms with Crippen molar-refractivity contribution in [3.63, 3.8) is 0 Å². The van der Waals surface area contributed by atoms with Gasteiger partial charge in [-0.15, -0.1) is 0 Å².